The molecule has 118 valence electrons. The fraction of sp³-hybridized carbons (Fsp3) is 0.500. The van der Waals surface area contributed by atoms with Crippen molar-refractivity contribution in [2.75, 3.05) is 19.7 Å². The van der Waals surface area contributed by atoms with Crippen LogP contribution < -0.4 is 0 Å². The summed E-state index contributed by atoms with van der Waals surface area (Å²) in [5.74, 6) is 0.502. The van der Waals surface area contributed by atoms with Crippen LogP contribution in [0.1, 0.15) is 29.5 Å². The first-order valence-corrected chi connectivity index (χ1v) is 7.95. The molecule has 1 aliphatic heterocycles. The van der Waals surface area contributed by atoms with E-state index in [1.807, 2.05) is 17.9 Å². The number of hydrogen-bond donors (Lipinski definition) is 1. The number of rotatable bonds is 3. The molecule has 0 unspecified atom stereocenters. The molecule has 2 aromatic rings. The lowest BCUT2D eigenvalue weighted by molar-refractivity contribution is -0.132. The van der Waals surface area contributed by atoms with Gasteiger partial charge in [-0.15, -0.1) is 0 Å². The van der Waals surface area contributed by atoms with Crippen LogP contribution in [0.3, 0.4) is 0 Å². The number of aliphatic hydroxyl groups excluding tert-OH is 1. The molecular weight excluding hydrogens is 278 g/mol. The number of piperidine rings is 1. The number of likely N-dealkylation sites (tertiary alicyclic amines) is 1. The largest absolute Gasteiger partial charge is 0.464 e. The van der Waals surface area contributed by atoms with Crippen molar-refractivity contribution in [2.45, 2.75) is 33.1 Å². The lowest BCUT2D eigenvalue weighted by atomic mass is 9.97. The van der Waals surface area contributed by atoms with Gasteiger partial charge in [0.15, 0.2) is 0 Å². The normalized spacial score (nSPS) is 16.4. The lowest BCUT2D eigenvalue weighted by Crippen LogP contribution is -2.39. The van der Waals surface area contributed by atoms with Crippen molar-refractivity contribution in [1.29, 1.82) is 0 Å². The van der Waals surface area contributed by atoms with Gasteiger partial charge in [-0.25, -0.2) is 0 Å². The molecule has 1 aromatic heterocycles. The van der Waals surface area contributed by atoms with Crippen molar-refractivity contribution in [2.24, 2.45) is 5.92 Å². The fourth-order valence-electron chi connectivity index (χ4n) is 3.16. The predicted molar refractivity (Wildman–Crippen MR) is 85.8 cm³/mol. The summed E-state index contributed by atoms with van der Waals surface area (Å²) in [5, 5.41) is 10.2. The number of amides is 1. The highest BCUT2D eigenvalue weighted by molar-refractivity contribution is 5.89. The quantitative estimate of drug-likeness (QED) is 0.948. The van der Waals surface area contributed by atoms with Gasteiger partial charge in [0.25, 0.3) is 0 Å². The molecule has 4 nitrogen and oxygen atoms in total. The Morgan fingerprint density at radius 1 is 1.32 bits per heavy atom. The first kappa shape index (κ1) is 15.1. The van der Waals surface area contributed by atoms with E-state index in [-0.39, 0.29) is 12.5 Å². The van der Waals surface area contributed by atoms with Gasteiger partial charge in [-0.05, 0) is 43.7 Å². The van der Waals surface area contributed by atoms with Crippen LogP contribution in [-0.4, -0.2) is 35.6 Å². The zero-order valence-electron chi connectivity index (χ0n) is 13.3. The van der Waals surface area contributed by atoms with Crippen molar-refractivity contribution in [3.8, 4) is 0 Å². The SMILES string of the molecule is Cc1ccc2c(CC(=O)N3CCC(CO)CC3)coc2c1C. The van der Waals surface area contributed by atoms with Gasteiger partial charge in [0.1, 0.15) is 5.58 Å². The van der Waals surface area contributed by atoms with E-state index in [1.165, 1.54) is 5.56 Å². The molecule has 1 aromatic carbocycles. The molecule has 4 heteroatoms. The Morgan fingerprint density at radius 3 is 2.73 bits per heavy atom. The Morgan fingerprint density at radius 2 is 2.05 bits per heavy atom. The van der Waals surface area contributed by atoms with Gasteiger partial charge in [-0.3, -0.25) is 4.79 Å². The second kappa shape index (κ2) is 6.13. The van der Waals surface area contributed by atoms with Crippen LogP contribution in [0.25, 0.3) is 11.0 Å². The van der Waals surface area contributed by atoms with Crippen molar-refractivity contribution in [3.05, 3.63) is 35.1 Å². The van der Waals surface area contributed by atoms with Crippen LogP contribution in [0.15, 0.2) is 22.8 Å². The van der Waals surface area contributed by atoms with Crippen LogP contribution in [0.4, 0.5) is 0 Å². The standard InChI is InChI=1S/C18H23NO3/c1-12-3-4-16-15(11-22-18(16)13(12)2)9-17(21)19-7-5-14(10-20)6-8-19/h3-4,11,14,20H,5-10H2,1-2H3. The average molecular weight is 301 g/mol. The number of nitrogens with zero attached hydrogens (tertiary/aromatic N) is 1. The van der Waals surface area contributed by atoms with Crippen LogP contribution in [0.2, 0.25) is 0 Å². The van der Waals surface area contributed by atoms with Crippen LogP contribution in [0.5, 0.6) is 0 Å². The monoisotopic (exact) mass is 301 g/mol. The highest BCUT2D eigenvalue weighted by Gasteiger charge is 2.23. The van der Waals surface area contributed by atoms with Crippen molar-refractivity contribution in [1.82, 2.24) is 4.90 Å². The molecule has 22 heavy (non-hydrogen) atoms. The first-order chi connectivity index (χ1) is 10.6. The Kier molecular flexibility index (Phi) is 4.21. The van der Waals surface area contributed by atoms with Crippen LogP contribution in [-0.2, 0) is 11.2 Å². The topological polar surface area (TPSA) is 53.7 Å². The third-order valence-corrected chi connectivity index (χ3v) is 4.91. The molecule has 0 atom stereocenters. The summed E-state index contributed by atoms with van der Waals surface area (Å²) >= 11 is 0. The van der Waals surface area contributed by atoms with E-state index in [0.29, 0.717) is 12.3 Å². The average Bonchev–Trinajstić information content (AvgIpc) is 2.94. The first-order valence-electron chi connectivity index (χ1n) is 7.95. The fourth-order valence-corrected chi connectivity index (χ4v) is 3.16. The minimum atomic E-state index is 0.150. The summed E-state index contributed by atoms with van der Waals surface area (Å²) in [7, 11) is 0. The molecule has 1 saturated heterocycles. The number of aryl methyl sites for hydroxylation is 2. The van der Waals surface area contributed by atoms with E-state index < -0.39 is 0 Å². The van der Waals surface area contributed by atoms with E-state index in [9.17, 15) is 9.90 Å². The van der Waals surface area contributed by atoms with E-state index in [4.69, 9.17) is 4.42 Å². The van der Waals surface area contributed by atoms with Gasteiger partial charge in [-0.1, -0.05) is 12.1 Å². The Hall–Kier alpha value is -1.81. The maximum Gasteiger partial charge on any atom is 0.227 e. The number of fused-ring (bicyclic) bond motifs is 1. The summed E-state index contributed by atoms with van der Waals surface area (Å²) in [4.78, 5) is 14.4. The van der Waals surface area contributed by atoms with Gasteiger partial charge < -0.3 is 14.4 Å². The van der Waals surface area contributed by atoms with Gasteiger partial charge in [0.05, 0.1) is 12.7 Å². The number of hydrogen-bond acceptors (Lipinski definition) is 3. The summed E-state index contributed by atoms with van der Waals surface area (Å²) in [6.07, 6.45) is 3.90. The molecule has 1 amide bonds. The second-order valence-electron chi connectivity index (χ2n) is 6.33. The highest BCUT2D eigenvalue weighted by atomic mass is 16.3. The predicted octanol–water partition coefficient (Wildman–Crippen LogP) is 2.82. The van der Waals surface area contributed by atoms with Crippen LogP contribution in [0, 0.1) is 19.8 Å². The molecule has 3 rings (SSSR count). The number of carbonyl (C=O) groups is 1. The number of furan rings is 1. The molecule has 1 aliphatic rings. The van der Waals surface area contributed by atoms with E-state index in [1.54, 1.807) is 6.26 Å². The minimum absolute atomic E-state index is 0.150. The summed E-state index contributed by atoms with van der Waals surface area (Å²) in [6, 6.07) is 4.12. The van der Waals surface area contributed by atoms with Crippen molar-refractivity contribution >= 4 is 16.9 Å². The molecule has 0 spiro atoms. The maximum absolute atomic E-state index is 12.5. The smallest absolute Gasteiger partial charge is 0.227 e. The van der Waals surface area contributed by atoms with Gasteiger partial charge in [-0.2, -0.15) is 0 Å². The molecule has 0 bridgehead atoms. The maximum atomic E-state index is 12.5. The van der Waals surface area contributed by atoms with Gasteiger partial charge >= 0.3 is 0 Å². The van der Waals surface area contributed by atoms with Crippen LogP contribution >= 0.6 is 0 Å². The van der Waals surface area contributed by atoms with E-state index in [0.717, 1.165) is 48.0 Å². The van der Waals surface area contributed by atoms with E-state index in [2.05, 4.69) is 13.0 Å². The number of benzene rings is 1. The Labute approximate surface area is 130 Å². The zero-order chi connectivity index (χ0) is 15.7. The second-order valence-corrected chi connectivity index (χ2v) is 6.33. The van der Waals surface area contributed by atoms with Gasteiger partial charge in [0.2, 0.25) is 5.91 Å². The number of carbonyl (C=O) groups excluding carboxylic acids is 1. The molecular formula is C18H23NO3. The molecule has 2 heterocycles. The summed E-state index contributed by atoms with van der Waals surface area (Å²) in [5.41, 5.74) is 4.19. The Balaban J connectivity index is 1.74. The van der Waals surface area contributed by atoms with Crippen molar-refractivity contribution < 1.29 is 14.3 Å². The molecule has 1 N–H and O–H groups in total. The zero-order valence-corrected chi connectivity index (χ0v) is 13.3. The lowest BCUT2D eigenvalue weighted by Gasteiger charge is -2.31. The summed E-state index contributed by atoms with van der Waals surface area (Å²) < 4.78 is 5.68. The van der Waals surface area contributed by atoms with E-state index >= 15 is 0 Å². The highest BCUT2D eigenvalue weighted by Crippen LogP contribution is 2.27. The van der Waals surface area contributed by atoms with Gasteiger partial charge in [0, 0.05) is 30.6 Å². The number of aliphatic hydroxyl groups is 1. The third kappa shape index (κ3) is 2.75. The third-order valence-electron chi connectivity index (χ3n) is 4.91. The molecule has 0 radical (unpaired) electrons. The molecule has 1 fully saturated rings. The minimum Gasteiger partial charge on any atom is -0.464 e. The van der Waals surface area contributed by atoms with Crippen molar-refractivity contribution in [3.63, 3.8) is 0 Å². The summed E-state index contributed by atoms with van der Waals surface area (Å²) in [6.45, 7) is 5.84. The Bertz CT molecular complexity index is 681. The molecule has 0 aliphatic carbocycles. The molecule has 0 saturated carbocycles.